The van der Waals surface area contributed by atoms with Crippen molar-refractivity contribution in [3.05, 3.63) is 21.9 Å². The Morgan fingerprint density at radius 1 is 0.875 bits per heavy atom. The number of hydrogen-bond donors (Lipinski definition) is 1. The fourth-order valence-corrected chi connectivity index (χ4v) is 2.75. The zero-order valence-corrected chi connectivity index (χ0v) is 15.3. The Morgan fingerprint density at radius 3 is 1.92 bits per heavy atom. The number of rotatable bonds is 17. The largest absolute Gasteiger partial charge is 0.481 e. The van der Waals surface area contributed by atoms with Gasteiger partial charge in [-0.3, -0.25) is 14.9 Å². The third kappa shape index (κ3) is 15.5. The van der Waals surface area contributed by atoms with Gasteiger partial charge in [-0.05, 0) is 31.8 Å². The Bertz CT molecular complexity index is 366. The molecule has 0 aromatic rings. The third-order valence-corrected chi connectivity index (χ3v) is 4.25. The lowest BCUT2D eigenvalue weighted by atomic mass is 10.1. The maximum absolute atomic E-state index is 11.1. The molecular weight excluding hydrogens is 306 g/mol. The summed E-state index contributed by atoms with van der Waals surface area (Å²) in [6.07, 6.45) is 16.2. The Hall–Kier alpha value is -1.39. The topological polar surface area (TPSA) is 80.4 Å². The van der Waals surface area contributed by atoms with Gasteiger partial charge in [0.05, 0.1) is 4.92 Å². The smallest absolute Gasteiger partial charge is 0.303 e. The predicted molar refractivity (Wildman–Crippen MR) is 97.6 cm³/mol. The molecule has 0 radical (unpaired) electrons. The molecule has 0 saturated heterocycles. The highest BCUT2D eigenvalue weighted by Crippen LogP contribution is 2.15. The number of hydrogen-bond acceptors (Lipinski definition) is 3. The third-order valence-electron chi connectivity index (χ3n) is 4.25. The quantitative estimate of drug-likeness (QED) is 0.197. The summed E-state index contributed by atoms with van der Waals surface area (Å²) in [6.45, 7) is 2.20. The van der Waals surface area contributed by atoms with E-state index in [-0.39, 0.29) is 11.3 Å². The molecule has 0 saturated carbocycles. The van der Waals surface area contributed by atoms with Crippen LogP contribution in [0.3, 0.4) is 0 Å². The molecule has 0 aliphatic heterocycles. The van der Waals surface area contributed by atoms with Gasteiger partial charge in [-0.2, -0.15) is 0 Å². The second-order valence-electron chi connectivity index (χ2n) is 6.52. The average molecular weight is 341 g/mol. The molecule has 0 fully saturated rings. The van der Waals surface area contributed by atoms with Crippen LogP contribution in [0.15, 0.2) is 11.8 Å². The molecule has 0 atom stereocenters. The van der Waals surface area contributed by atoms with Gasteiger partial charge in [-0.1, -0.05) is 64.7 Å². The van der Waals surface area contributed by atoms with E-state index >= 15 is 0 Å². The highest BCUT2D eigenvalue weighted by atomic mass is 16.6. The molecule has 5 nitrogen and oxygen atoms in total. The molecule has 0 heterocycles. The van der Waals surface area contributed by atoms with Crippen molar-refractivity contribution in [1.29, 1.82) is 0 Å². The molecule has 0 aliphatic rings. The first-order chi connectivity index (χ1) is 11.6. The van der Waals surface area contributed by atoms with Crippen LogP contribution in [0.25, 0.3) is 0 Å². The first-order valence-electron chi connectivity index (χ1n) is 9.63. The molecule has 140 valence electrons. The first kappa shape index (κ1) is 22.6. The van der Waals surface area contributed by atoms with Crippen LogP contribution >= 0.6 is 0 Å². The fraction of sp³-hybridized carbons (Fsp3) is 0.842. The predicted octanol–water partition coefficient (Wildman–Crippen LogP) is 6.10. The van der Waals surface area contributed by atoms with Crippen molar-refractivity contribution in [2.75, 3.05) is 0 Å². The maximum atomic E-state index is 11.1. The lowest BCUT2D eigenvalue weighted by Gasteiger charge is -2.02. The second-order valence-corrected chi connectivity index (χ2v) is 6.52. The van der Waals surface area contributed by atoms with Crippen LogP contribution in [0.1, 0.15) is 103 Å². The first-order valence-corrected chi connectivity index (χ1v) is 9.63. The molecule has 0 aromatic heterocycles. The minimum atomic E-state index is -0.737. The summed E-state index contributed by atoms with van der Waals surface area (Å²) in [7, 11) is 0. The van der Waals surface area contributed by atoms with Gasteiger partial charge in [0.15, 0.2) is 0 Å². The van der Waals surface area contributed by atoms with Crippen LogP contribution in [-0.4, -0.2) is 16.0 Å². The molecule has 24 heavy (non-hydrogen) atoms. The summed E-state index contributed by atoms with van der Waals surface area (Å²) >= 11 is 0. The fourth-order valence-electron chi connectivity index (χ4n) is 2.75. The van der Waals surface area contributed by atoms with Crippen LogP contribution in [0, 0.1) is 10.1 Å². The monoisotopic (exact) mass is 341 g/mol. The van der Waals surface area contributed by atoms with Crippen LogP contribution < -0.4 is 0 Å². The summed E-state index contributed by atoms with van der Waals surface area (Å²) < 4.78 is 0. The molecule has 0 aromatic carbocycles. The highest BCUT2D eigenvalue weighted by molar-refractivity contribution is 5.66. The van der Waals surface area contributed by atoms with Gasteiger partial charge in [0.1, 0.15) is 0 Å². The summed E-state index contributed by atoms with van der Waals surface area (Å²) in [5, 5.41) is 19.6. The second kappa shape index (κ2) is 16.5. The number of nitro groups is 1. The Labute approximate surface area is 146 Å². The normalized spacial score (nSPS) is 11.6. The van der Waals surface area contributed by atoms with E-state index < -0.39 is 5.97 Å². The van der Waals surface area contributed by atoms with Gasteiger partial charge >= 0.3 is 5.97 Å². The maximum Gasteiger partial charge on any atom is 0.303 e. The molecule has 0 rings (SSSR count). The summed E-state index contributed by atoms with van der Waals surface area (Å²) in [6, 6.07) is 0. The van der Waals surface area contributed by atoms with Gasteiger partial charge < -0.3 is 5.11 Å². The molecule has 0 bridgehead atoms. The standard InChI is InChI=1S/C19H35NO4/c1-2-3-4-5-6-9-12-15-18(20(23)24)16-13-10-7-8-11-14-17-19(21)22/h16H,2-15,17H2,1H3,(H,21,22). The molecule has 1 N–H and O–H groups in total. The van der Waals surface area contributed by atoms with E-state index in [0.29, 0.717) is 12.1 Å². The van der Waals surface area contributed by atoms with E-state index in [1.54, 1.807) is 6.08 Å². The molecule has 0 spiro atoms. The van der Waals surface area contributed by atoms with Crippen LogP contribution in [0.2, 0.25) is 0 Å². The van der Waals surface area contributed by atoms with Gasteiger partial charge in [0.2, 0.25) is 5.70 Å². The highest BCUT2D eigenvalue weighted by Gasteiger charge is 2.09. The van der Waals surface area contributed by atoms with E-state index in [1.807, 2.05) is 0 Å². The van der Waals surface area contributed by atoms with Gasteiger partial charge in [0, 0.05) is 12.8 Å². The van der Waals surface area contributed by atoms with Crippen molar-refractivity contribution in [3.8, 4) is 0 Å². The Morgan fingerprint density at radius 2 is 1.38 bits per heavy atom. The van der Waals surface area contributed by atoms with E-state index in [0.717, 1.165) is 51.4 Å². The van der Waals surface area contributed by atoms with E-state index in [2.05, 4.69) is 6.92 Å². The van der Waals surface area contributed by atoms with Crippen molar-refractivity contribution < 1.29 is 14.8 Å². The van der Waals surface area contributed by atoms with E-state index in [1.165, 1.54) is 32.1 Å². The van der Waals surface area contributed by atoms with E-state index in [9.17, 15) is 14.9 Å². The number of unbranched alkanes of at least 4 members (excludes halogenated alkanes) is 11. The number of nitrogens with zero attached hydrogens (tertiary/aromatic N) is 1. The van der Waals surface area contributed by atoms with E-state index in [4.69, 9.17) is 5.11 Å². The van der Waals surface area contributed by atoms with Crippen molar-refractivity contribution in [1.82, 2.24) is 0 Å². The molecular formula is C19H35NO4. The van der Waals surface area contributed by atoms with Gasteiger partial charge in [-0.25, -0.2) is 0 Å². The summed E-state index contributed by atoms with van der Waals surface area (Å²) in [5.74, 6) is -0.737. The minimum absolute atomic E-state index is 0.232. The van der Waals surface area contributed by atoms with Crippen molar-refractivity contribution in [2.24, 2.45) is 0 Å². The number of carboxylic acid groups (broad SMARTS) is 1. The Kier molecular flexibility index (Phi) is 15.5. The summed E-state index contributed by atoms with van der Waals surface area (Å²) in [5.41, 5.74) is 0.370. The molecule has 0 aliphatic carbocycles. The SMILES string of the molecule is CCCCCCCCCC(=CCCCCCCCC(=O)O)[N+](=O)[O-]. The lowest BCUT2D eigenvalue weighted by Crippen LogP contribution is -1.99. The number of allylic oxidation sites excluding steroid dienone is 2. The van der Waals surface area contributed by atoms with Gasteiger partial charge in [-0.15, -0.1) is 0 Å². The van der Waals surface area contributed by atoms with Crippen molar-refractivity contribution in [2.45, 2.75) is 103 Å². The summed E-state index contributed by atoms with van der Waals surface area (Å²) in [4.78, 5) is 21.2. The van der Waals surface area contributed by atoms with Crippen LogP contribution in [0.5, 0.6) is 0 Å². The molecule has 0 amide bonds. The zero-order chi connectivity index (χ0) is 18.0. The number of aliphatic carboxylic acids is 1. The number of carbonyl (C=O) groups is 1. The lowest BCUT2D eigenvalue weighted by molar-refractivity contribution is -0.428. The molecule has 5 heteroatoms. The molecule has 0 unspecified atom stereocenters. The average Bonchev–Trinajstić information content (AvgIpc) is 2.53. The Balaban J connectivity index is 3.68. The minimum Gasteiger partial charge on any atom is -0.481 e. The number of carboxylic acids is 1. The van der Waals surface area contributed by atoms with Crippen LogP contribution in [-0.2, 0) is 4.79 Å². The van der Waals surface area contributed by atoms with Crippen molar-refractivity contribution in [3.63, 3.8) is 0 Å². The van der Waals surface area contributed by atoms with Crippen molar-refractivity contribution >= 4 is 5.97 Å². The van der Waals surface area contributed by atoms with Gasteiger partial charge in [0.25, 0.3) is 0 Å². The van der Waals surface area contributed by atoms with Crippen LogP contribution in [0.4, 0.5) is 0 Å². The zero-order valence-electron chi connectivity index (χ0n) is 15.3.